The van der Waals surface area contributed by atoms with Gasteiger partial charge in [-0.2, -0.15) is 0 Å². The van der Waals surface area contributed by atoms with Gasteiger partial charge in [0, 0.05) is 5.56 Å². The lowest BCUT2D eigenvalue weighted by molar-refractivity contribution is 0.0358. The molecule has 2 aromatic carbocycles. The molecular weight excluding hydrogens is 388 g/mol. The molecule has 164 valence electrons. The van der Waals surface area contributed by atoms with Crippen molar-refractivity contribution in [1.29, 1.82) is 0 Å². The Morgan fingerprint density at radius 3 is 2.30 bits per heavy atom. The minimum Gasteiger partial charge on any atom is -0.489 e. The first kappa shape index (κ1) is 23.0. The van der Waals surface area contributed by atoms with Gasteiger partial charge in [-0.15, -0.1) is 0 Å². The van der Waals surface area contributed by atoms with E-state index in [9.17, 15) is 5.11 Å². The van der Waals surface area contributed by atoms with Gasteiger partial charge in [-0.3, -0.25) is 0 Å². The van der Waals surface area contributed by atoms with Gasteiger partial charge in [0.2, 0.25) is 0 Å². The molecule has 1 N–H and O–H groups in total. The summed E-state index contributed by atoms with van der Waals surface area (Å²) in [5.41, 5.74) is 4.92. The van der Waals surface area contributed by atoms with Gasteiger partial charge < -0.3 is 14.3 Å². The predicted molar refractivity (Wildman–Crippen MR) is 127 cm³/mol. The molecule has 2 unspecified atom stereocenters. The zero-order valence-corrected chi connectivity index (χ0v) is 20.5. The molecule has 2 aromatic rings. The molecule has 0 bridgehead atoms. The van der Waals surface area contributed by atoms with Crippen LogP contribution < -0.4 is 4.74 Å². The number of hydrogen-bond acceptors (Lipinski definition) is 3. The molecule has 4 heteroatoms. The molecule has 0 radical (unpaired) electrons. The van der Waals surface area contributed by atoms with Crippen molar-refractivity contribution in [2.75, 3.05) is 0 Å². The van der Waals surface area contributed by atoms with Crippen molar-refractivity contribution in [3.63, 3.8) is 0 Å². The van der Waals surface area contributed by atoms with E-state index in [0.29, 0.717) is 6.61 Å². The van der Waals surface area contributed by atoms with E-state index in [1.54, 1.807) is 0 Å². The molecule has 0 amide bonds. The number of aliphatic hydroxyl groups excluding tert-OH is 1. The van der Waals surface area contributed by atoms with Crippen LogP contribution in [0.1, 0.15) is 68.9 Å². The van der Waals surface area contributed by atoms with Crippen LogP contribution in [-0.2, 0) is 23.9 Å². The highest BCUT2D eigenvalue weighted by atomic mass is 28.4. The van der Waals surface area contributed by atoms with Gasteiger partial charge in [-0.1, -0.05) is 57.2 Å². The van der Waals surface area contributed by atoms with Crippen molar-refractivity contribution < 1.29 is 14.3 Å². The normalized spacial score (nSPS) is 16.6. The second-order valence-corrected chi connectivity index (χ2v) is 14.9. The van der Waals surface area contributed by atoms with Crippen LogP contribution in [0.4, 0.5) is 0 Å². The Hall–Kier alpha value is -1.62. The molecule has 0 fully saturated rings. The van der Waals surface area contributed by atoms with Crippen molar-refractivity contribution in [3.05, 3.63) is 64.7 Å². The van der Waals surface area contributed by atoms with Gasteiger partial charge in [0.1, 0.15) is 12.4 Å². The largest absolute Gasteiger partial charge is 0.489 e. The zero-order chi connectivity index (χ0) is 21.9. The van der Waals surface area contributed by atoms with Crippen LogP contribution in [-0.4, -0.2) is 19.5 Å². The number of fused-ring (bicyclic) bond motifs is 1. The average molecular weight is 427 g/mol. The molecule has 2 atom stereocenters. The Bertz CT molecular complexity index is 837. The van der Waals surface area contributed by atoms with E-state index in [-0.39, 0.29) is 11.1 Å². The lowest BCUT2D eigenvalue weighted by Crippen LogP contribution is -2.44. The summed E-state index contributed by atoms with van der Waals surface area (Å²) in [4.78, 5) is 0. The van der Waals surface area contributed by atoms with Crippen molar-refractivity contribution in [2.45, 2.75) is 90.3 Å². The fourth-order valence-electron chi connectivity index (χ4n) is 3.90. The third-order valence-electron chi connectivity index (χ3n) is 6.72. The van der Waals surface area contributed by atoms with Gasteiger partial charge >= 0.3 is 0 Å². The van der Waals surface area contributed by atoms with E-state index in [2.05, 4.69) is 58.1 Å². The first-order chi connectivity index (χ1) is 14.1. The molecule has 3 nitrogen and oxygen atoms in total. The fraction of sp³-hybridized carbons (Fsp3) is 0.538. The third kappa shape index (κ3) is 5.16. The van der Waals surface area contributed by atoms with Gasteiger partial charge in [0.25, 0.3) is 0 Å². The van der Waals surface area contributed by atoms with Crippen molar-refractivity contribution >= 4 is 8.32 Å². The van der Waals surface area contributed by atoms with Crippen molar-refractivity contribution in [2.24, 2.45) is 0 Å². The van der Waals surface area contributed by atoms with Crippen LogP contribution in [0.5, 0.6) is 5.75 Å². The Morgan fingerprint density at radius 2 is 1.67 bits per heavy atom. The first-order valence-electron chi connectivity index (χ1n) is 11.3. The summed E-state index contributed by atoms with van der Waals surface area (Å²) in [7, 11) is -2.08. The lowest BCUT2D eigenvalue weighted by atomic mass is 9.85. The fourth-order valence-corrected chi connectivity index (χ4v) is 5.20. The van der Waals surface area contributed by atoms with Crippen LogP contribution in [0.25, 0.3) is 0 Å². The summed E-state index contributed by atoms with van der Waals surface area (Å²) in [5, 5.41) is 10.9. The number of aryl methyl sites for hydroxylation is 1. The predicted octanol–water partition coefficient (Wildman–Crippen LogP) is 6.59. The summed E-state index contributed by atoms with van der Waals surface area (Å²) in [6.45, 7) is 13.6. The van der Waals surface area contributed by atoms with Crippen LogP contribution in [0.15, 0.2) is 42.5 Å². The van der Waals surface area contributed by atoms with Gasteiger partial charge in [0.05, 0.1) is 12.2 Å². The molecule has 0 aromatic heterocycles. The van der Waals surface area contributed by atoms with Crippen LogP contribution in [0.3, 0.4) is 0 Å². The number of aliphatic hydroxyl groups is 1. The number of rotatable bonds is 7. The molecule has 0 saturated heterocycles. The maximum Gasteiger partial charge on any atom is 0.193 e. The number of hydrogen-bond donors (Lipinski definition) is 1. The van der Waals surface area contributed by atoms with E-state index >= 15 is 0 Å². The smallest absolute Gasteiger partial charge is 0.193 e. The molecule has 30 heavy (non-hydrogen) atoms. The maximum atomic E-state index is 10.8. The highest BCUT2D eigenvalue weighted by Crippen LogP contribution is 2.44. The first-order valence-corrected chi connectivity index (χ1v) is 14.2. The highest BCUT2D eigenvalue weighted by Gasteiger charge is 2.41. The summed E-state index contributed by atoms with van der Waals surface area (Å²) in [6, 6.07) is 14.5. The minimum atomic E-state index is -2.08. The SMILES string of the molecule is CC(O)C(O[Si](C)(C)C(C)(C)C)c1c(OCc2ccccc2)ccc2c1CCCC2. The standard InChI is InChI=1S/C26H38O3Si/c1-19(27)25(29-30(5,6)26(2,3)4)24-22-15-11-10-14-21(22)16-17-23(24)28-18-20-12-8-7-9-13-20/h7-9,12-13,16-17,19,25,27H,10-11,14-15,18H2,1-6H3. The van der Waals surface area contributed by atoms with Crippen LogP contribution in [0, 0.1) is 0 Å². The molecule has 1 aliphatic carbocycles. The Balaban J connectivity index is 2.02. The zero-order valence-electron chi connectivity index (χ0n) is 19.5. The van der Waals surface area contributed by atoms with Gasteiger partial charge in [-0.25, -0.2) is 0 Å². The van der Waals surface area contributed by atoms with E-state index in [1.807, 2.05) is 25.1 Å². The van der Waals surface area contributed by atoms with E-state index in [4.69, 9.17) is 9.16 Å². The molecule has 1 aliphatic rings. The average Bonchev–Trinajstić information content (AvgIpc) is 2.70. The van der Waals surface area contributed by atoms with Crippen LogP contribution >= 0.6 is 0 Å². The molecule has 0 spiro atoms. The molecular formula is C26H38O3Si. The van der Waals surface area contributed by atoms with Crippen LogP contribution in [0.2, 0.25) is 18.1 Å². The van der Waals surface area contributed by atoms with Gasteiger partial charge in [0.15, 0.2) is 8.32 Å². The molecule has 0 aliphatic heterocycles. The third-order valence-corrected chi connectivity index (χ3v) is 11.2. The topological polar surface area (TPSA) is 38.7 Å². The Labute approximate surface area is 183 Å². The second-order valence-electron chi connectivity index (χ2n) is 10.1. The summed E-state index contributed by atoms with van der Waals surface area (Å²) in [6.07, 6.45) is 3.54. The maximum absolute atomic E-state index is 10.8. The molecule has 0 saturated carbocycles. The highest BCUT2D eigenvalue weighted by molar-refractivity contribution is 6.74. The molecule has 3 rings (SSSR count). The summed E-state index contributed by atoms with van der Waals surface area (Å²) in [5.74, 6) is 0.851. The quantitative estimate of drug-likeness (QED) is 0.508. The second kappa shape index (κ2) is 9.25. The Morgan fingerprint density at radius 1 is 1.00 bits per heavy atom. The number of ether oxygens (including phenoxy) is 1. The lowest BCUT2D eigenvalue weighted by Gasteiger charge is -2.41. The molecule has 0 heterocycles. The van der Waals surface area contributed by atoms with E-state index in [1.165, 1.54) is 24.0 Å². The number of benzene rings is 2. The summed E-state index contributed by atoms with van der Waals surface area (Å²) < 4.78 is 13.2. The minimum absolute atomic E-state index is 0.0695. The Kier molecular flexibility index (Phi) is 7.11. The summed E-state index contributed by atoms with van der Waals surface area (Å²) >= 11 is 0. The van der Waals surface area contributed by atoms with E-state index in [0.717, 1.165) is 29.7 Å². The van der Waals surface area contributed by atoms with Crippen molar-refractivity contribution in [3.8, 4) is 5.75 Å². The van der Waals surface area contributed by atoms with E-state index < -0.39 is 14.4 Å². The van der Waals surface area contributed by atoms with Gasteiger partial charge in [-0.05, 0) is 73.5 Å². The monoisotopic (exact) mass is 426 g/mol. The van der Waals surface area contributed by atoms with Crippen molar-refractivity contribution in [1.82, 2.24) is 0 Å².